The van der Waals surface area contributed by atoms with E-state index in [0.29, 0.717) is 16.9 Å². The molecule has 0 atom stereocenters. The molecule has 32 heavy (non-hydrogen) atoms. The molecule has 0 aliphatic heterocycles. The highest BCUT2D eigenvalue weighted by molar-refractivity contribution is 5.99. The molecular formula is C21H20FN7O3. The predicted molar refractivity (Wildman–Crippen MR) is 114 cm³/mol. The minimum atomic E-state index is -0.620. The molecule has 0 saturated heterocycles. The van der Waals surface area contributed by atoms with Crippen molar-refractivity contribution >= 4 is 17.4 Å². The molecule has 10 nitrogen and oxygen atoms in total. The van der Waals surface area contributed by atoms with Gasteiger partial charge in [-0.25, -0.2) is 19.2 Å². The standard InChI is InChI=1S/C21H20FN7O3/c1-21(2,3)29-10-14(9-25-29)27-20(30)28-18-6-15(4-5-16(18)22)32-19-7-17(23-12-24-19)13-8-26-31-11-13/h4-12H,1-3H3,(H2,27,28,30). The highest BCUT2D eigenvalue weighted by atomic mass is 19.1. The third-order valence-electron chi connectivity index (χ3n) is 4.31. The van der Waals surface area contributed by atoms with E-state index in [9.17, 15) is 9.18 Å². The van der Waals surface area contributed by atoms with Crippen LogP contribution in [0.4, 0.5) is 20.6 Å². The molecule has 0 aliphatic carbocycles. The molecule has 0 radical (unpaired) electrons. The van der Waals surface area contributed by atoms with Gasteiger partial charge in [0.1, 0.15) is 24.2 Å². The van der Waals surface area contributed by atoms with Gasteiger partial charge in [-0.1, -0.05) is 5.16 Å². The number of amides is 2. The molecule has 0 fully saturated rings. The second kappa shape index (κ2) is 8.46. The van der Waals surface area contributed by atoms with E-state index in [1.165, 1.54) is 43.2 Å². The van der Waals surface area contributed by atoms with Crippen molar-refractivity contribution in [1.29, 1.82) is 0 Å². The Morgan fingerprint density at radius 1 is 1.16 bits per heavy atom. The fraction of sp³-hybridized carbons (Fsp3) is 0.190. The van der Waals surface area contributed by atoms with Crippen LogP contribution < -0.4 is 15.4 Å². The highest BCUT2D eigenvalue weighted by Crippen LogP contribution is 2.27. The number of rotatable bonds is 5. The number of nitrogens with one attached hydrogen (secondary N) is 2. The van der Waals surface area contributed by atoms with Crippen LogP contribution in [0, 0.1) is 5.82 Å². The molecule has 0 aliphatic rings. The van der Waals surface area contributed by atoms with Gasteiger partial charge in [-0.05, 0) is 32.9 Å². The van der Waals surface area contributed by atoms with Crippen molar-refractivity contribution in [2.45, 2.75) is 26.3 Å². The second-order valence-electron chi connectivity index (χ2n) is 7.82. The molecule has 2 amide bonds. The van der Waals surface area contributed by atoms with E-state index in [1.807, 2.05) is 20.8 Å². The lowest BCUT2D eigenvalue weighted by Crippen LogP contribution is -2.22. The summed E-state index contributed by atoms with van der Waals surface area (Å²) in [6.07, 6.45) is 7.48. The summed E-state index contributed by atoms with van der Waals surface area (Å²) in [5.74, 6) is -0.115. The van der Waals surface area contributed by atoms with Crippen molar-refractivity contribution in [3.8, 4) is 22.9 Å². The zero-order valence-electron chi connectivity index (χ0n) is 17.5. The van der Waals surface area contributed by atoms with E-state index in [4.69, 9.17) is 9.26 Å². The van der Waals surface area contributed by atoms with Crippen LogP contribution in [0.2, 0.25) is 0 Å². The van der Waals surface area contributed by atoms with Gasteiger partial charge < -0.3 is 19.9 Å². The third kappa shape index (κ3) is 4.89. The summed E-state index contributed by atoms with van der Waals surface area (Å²) in [5, 5.41) is 12.9. The van der Waals surface area contributed by atoms with Gasteiger partial charge in [-0.2, -0.15) is 5.10 Å². The van der Waals surface area contributed by atoms with Crippen LogP contribution in [-0.2, 0) is 5.54 Å². The van der Waals surface area contributed by atoms with Gasteiger partial charge in [0.2, 0.25) is 5.88 Å². The average molecular weight is 437 g/mol. The summed E-state index contributed by atoms with van der Waals surface area (Å²) in [6, 6.07) is 4.93. The van der Waals surface area contributed by atoms with Gasteiger partial charge >= 0.3 is 6.03 Å². The van der Waals surface area contributed by atoms with Crippen molar-refractivity contribution in [2.75, 3.05) is 10.6 Å². The van der Waals surface area contributed by atoms with Crippen LogP contribution in [-0.4, -0.2) is 30.9 Å². The first-order valence-electron chi connectivity index (χ1n) is 9.60. The largest absolute Gasteiger partial charge is 0.439 e. The minimum absolute atomic E-state index is 0.0588. The molecule has 0 saturated carbocycles. The Hall–Kier alpha value is -4.28. The molecule has 0 spiro atoms. The lowest BCUT2D eigenvalue weighted by molar-refractivity contribution is 0.262. The van der Waals surface area contributed by atoms with Crippen LogP contribution in [0.25, 0.3) is 11.3 Å². The number of ether oxygens (including phenoxy) is 1. The average Bonchev–Trinajstić information content (AvgIpc) is 3.43. The molecule has 3 heterocycles. The van der Waals surface area contributed by atoms with E-state index >= 15 is 0 Å². The van der Waals surface area contributed by atoms with Crippen molar-refractivity contribution in [2.24, 2.45) is 0 Å². The Kier molecular flexibility index (Phi) is 5.54. The first-order valence-corrected chi connectivity index (χ1v) is 9.60. The first kappa shape index (κ1) is 21.0. The zero-order valence-corrected chi connectivity index (χ0v) is 17.5. The van der Waals surface area contributed by atoms with Crippen molar-refractivity contribution < 1.29 is 18.4 Å². The number of halogens is 1. The van der Waals surface area contributed by atoms with Crippen molar-refractivity contribution in [3.05, 3.63) is 61.3 Å². The highest BCUT2D eigenvalue weighted by Gasteiger charge is 2.16. The molecule has 2 N–H and O–H groups in total. The van der Waals surface area contributed by atoms with E-state index in [2.05, 4.69) is 30.9 Å². The summed E-state index contributed by atoms with van der Waals surface area (Å²) >= 11 is 0. The molecule has 4 rings (SSSR count). The fourth-order valence-electron chi connectivity index (χ4n) is 2.71. The Labute approximate surface area is 182 Å². The number of anilines is 2. The summed E-state index contributed by atoms with van der Waals surface area (Å²) in [5.41, 5.74) is 1.39. The van der Waals surface area contributed by atoms with Gasteiger partial charge in [0.25, 0.3) is 0 Å². The molecular weight excluding hydrogens is 417 g/mol. The molecule has 0 unspecified atom stereocenters. The van der Waals surface area contributed by atoms with Crippen LogP contribution in [0.15, 0.2) is 60.0 Å². The summed E-state index contributed by atoms with van der Waals surface area (Å²) in [7, 11) is 0. The monoisotopic (exact) mass is 437 g/mol. The summed E-state index contributed by atoms with van der Waals surface area (Å²) < 4.78 is 26.5. The maximum atomic E-state index is 14.3. The number of benzene rings is 1. The van der Waals surface area contributed by atoms with Gasteiger partial charge in [0.15, 0.2) is 0 Å². The number of hydrogen-bond donors (Lipinski definition) is 2. The van der Waals surface area contributed by atoms with Crippen LogP contribution >= 0.6 is 0 Å². The number of hydrogen-bond acceptors (Lipinski definition) is 7. The van der Waals surface area contributed by atoms with Crippen LogP contribution in [0.1, 0.15) is 20.8 Å². The molecule has 3 aromatic heterocycles. The van der Waals surface area contributed by atoms with E-state index < -0.39 is 11.8 Å². The first-order chi connectivity index (χ1) is 15.3. The van der Waals surface area contributed by atoms with E-state index in [-0.39, 0.29) is 22.9 Å². The predicted octanol–water partition coefficient (Wildman–Crippen LogP) is 4.66. The topological polar surface area (TPSA) is 120 Å². The van der Waals surface area contributed by atoms with Crippen molar-refractivity contribution in [1.82, 2.24) is 24.9 Å². The second-order valence-corrected chi connectivity index (χ2v) is 7.82. The molecule has 11 heteroatoms. The van der Waals surface area contributed by atoms with Crippen molar-refractivity contribution in [3.63, 3.8) is 0 Å². The molecule has 1 aromatic carbocycles. The van der Waals surface area contributed by atoms with Crippen LogP contribution in [0.5, 0.6) is 11.6 Å². The lowest BCUT2D eigenvalue weighted by atomic mass is 10.1. The number of carbonyl (C=O) groups excluding carboxylic acids is 1. The zero-order chi connectivity index (χ0) is 22.7. The Balaban J connectivity index is 1.45. The number of urea groups is 1. The Morgan fingerprint density at radius 2 is 2.00 bits per heavy atom. The van der Waals surface area contributed by atoms with Gasteiger partial charge in [0.05, 0.1) is 40.6 Å². The fourth-order valence-corrected chi connectivity index (χ4v) is 2.71. The SMILES string of the molecule is CC(C)(C)n1cc(NC(=O)Nc2cc(Oc3cc(-c4cnoc4)ncn3)ccc2F)cn1. The number of carbonyl (C=O) groups is 1. The summed E-state index contributed by atoms with van der Waals surface area (Å²) in [6.45, 7) is 5.95. The lowest BCUT2D eigenvalue weighted by Gasteiger charge is -2.18. The quantitative estimate of drug-likeness (QED) is 0.466. The molecule has 0 bridgehead atoms. The van der Waals surface area contributed by atoms with Gasteiger partial charge in [0, 0.05) is 18.3 Å². The maximum Gasteiger partial charge on any atom is 0.323 e. The van der Waals surface area contributed by atoms with Gasteiger partial charge in [-0.3, -0.25) is 4.68 Å². The van der Waals surface area contributed by atoms with E-state index in [1.54, 1.807) is 16.9 Å². The minimum Gasteiger partial charge on any atom is -0.439 e. The normalized spacial score (nSPS) is 11.2. The number of aromatic nitrogens is 5. The smallest absolute Gasteiger partial charge is 0.323 e. The van der Waals surface area contributed by atoms with Crippen LogP contribution in [0.3, 0.4) is 0 Å². The van der Waals surface area contributed by atoms with E-state index in [0.717, 1.165) is 0 Å². The number of nitrogens with zero attached hydrogens (tertiary/aromatic N) is 5. The maximum absolute atomic E-state index is 14.3. The molecule has 4 aromatic rings. The third-order valence-corrected chi connectivity index (χ3v) is 4.31. The Bertz CT molecular complexity index is 1230. The summed E-state index contributed by atoms with van der Waals surface area (Å²) in [4.78, 5) is 20.5. The Morgan fingerprint density at radius 3 is 2.72 bits per heavy atom. The van der Waals surface area contributed by atoms with Gasteiger partial charge in [-0.15, -0.1) is 0 Å². The molecule has 164 valence electrons.